The Morgan fingerprint density at radius 1 is 1.29 bits per heavy atom. The first-order chi connectivity index (χ1) is 6.38. The molecular weight excluding hydrogens is 195 g/mol. The van der Waals surface area contributed by atoms with Crippen LogP contribution in [-0.2, 0) is 4.74 Å². The molecule has 0 spiro atoms. The summed E-state index contributed by atoms with van der Waals surface area (Å²) in [6.07, 6.45) is -4.99. The van der Waals surface area contributed by atoms with Gasteiger partial charge in [0.2, 0.25) is 0 Å². The molecule has 0 saturated carbocycles. The fourth-order valence-electron chi connectivity index (χ4n) is 0.833. The summed E-state index contributed by atoms with van der Waals surface area (Å²) in [5.74, 6) is 0. The molecule has 86 valence electrons. The molecule has 2 nitrogen and oxygen atoms in total. The second kappa shape index (κ2) is 6.24. The second-order valence-electron chi connectivity index (χ2n) is 3.37. The maximum Gasteiger partial charge on any atom is 0.414 e. The van der Waals surface area contributed by atoms with Gasteiger partial charge in [-0.25, -0.2) is 0 Å². The summed E-state index contributed by atoms with van der Waals surface area (Å²) >= 11 is 0. The summed E-state index contributed by atoms with van der Waals surface area (Å²) in [5, 5.41) is 3.05. The third kappa shape index (κ3) is 6.21. The molecule has 0 aromatic heterocycles. The van der Waals surface area contributed by atoms with E-state index in [9.17, 15) is 13.2 Å². The molecule has 0 bridgehead atoms. The zero-order chi connectivity index (χ0) is 11.2. The molecule has 0 aromatic carbocycles. The van der Waals surface area contributed by atoms with Crippen molar-refractivity contribution in [2.24, 2.45) is 0 Å². The molecular formula is C9H18F3NO. The minimum atomic E-state index is -4.26. The quantitative estimate of drug-likeness (QED) is 0.731. The molecule has 0 rings (SSSR count). The molecule has 1 N–H and O–H groups in total. The average Bonchev–Trinajstić information content (AvgIpc) is 2.09. The van der Waals surface area contributed by atoms with E-state index < -0.39 is 12.3 Å². The second-order valence-corrected chi connectivity index (χ2v) is 3.37. The Morgan fingerprint density at radius 3 is 2.29 bits per heavy atom. The van der Waals surface area contributed by atoms with Crippen LogP contribution in [0.3, 0.4) is 0 Å². The molecule has 0 aromatic rings. The van der Waals surface area contributed by atoms with Gasteiger partial charge in [0.25, 0.3) is 0 Å². The van der Waals surface area contributed by atoms with Crippen molar-refractivity contribution in [3.05, 3.63) is 0 Å². The van der Waals surface area contributed by atoms with Gasteiger partial charge in [0.05, 0.1) is 6.61 Å². The average molecular weight is 213 g/mol. The van der Waals surface area contributed by atoms with Crippen LogP contribution in [0.25, 0.3) is 0 Å². The molecule has 2 unspecified atom stereocenters. The van der Waals surface area contributed by atoms with Crippen LogP contribution >= 0.6 is 0 Å². The normalized spacial score (nSPS) is 16.7. The van der Waals surface area contributed by atoms with Gasteiger partial charge in [0.15, 0.2) is 6.10 Å². The number of alkyl halides is 3. The number of halogens is 3. The van der Waals surface area contributed by atoms with Gasteiger partial charge >= 0.3 is 6.18 Å². The molecule has 0 aliphatic carbocycles. The molecule has 0 heterocycles. The van der Waals surface area contributed by atoms with Gasteiger partial charge in [-0.3, -0.25) is 0 Å². The smallest absolute Gasteiger partial charge is 0.367 e. The Bertz CT molecular complexity index is 149. The van der Waals surface area contributed by atoms with Crippen molar-refractivity contribution in [1.29, 1.82) is 0 Å². The monoisotopic (exact) mass is 213 g/mol. The van der Waals surface area contributed by atoms with Crippen LogP contribution in [0.5, 0.6) is 0 Å². The molecule has 0 radical (unpaired) electrons. The van der Waals surface area contributed by atoms with E-state index in [1.165, 1.54) is 0 Å². The summed E-state index contributed by atoms with van der Waals surface area (Å²) < 4.78 is 40.7. The Hall–Kier alpha value is -0.290. The fourth-order valence-corrected chi connectivity index (χ4v) is 0.833. The standard InChI is InChI=1S/C9H18F3NO/c1-4-5-13-7(2)6-14-8(3)9(10,11)12/h7-8,13H,4-6H2,1-3H3. The van der Waals surface area contributed by atoms with Gasteiger partial charge in [-0.05, 0) is 26.8 Å². The summed E-state index contributed by atoms with van der Waals surface area (Å²) in [6.45, 7) is 5.70. The Labute approximate surface area is 82.8 Å². The highest BCUT2D eigenvalue weighted by atomic mass is 19.4. The predicted octanol–water partition coefficient (Wildman–Crippen LogP) is 2.34. The van der Waals surface area contributed by atoms with Crippen molar-refractivity contribution in [2.75, 3.05) is 13.2 Å². The maximum absolute atomic E-state index is 12.0. The highest BCUT2D eigenvalue weighted by Gasteiger charge is 2.36. The lowest BCUT2D eigenvalue weighted by molar-refractivity contribution is -0.215. The molecule has 0 fully saturated rings. The predicted molar refractivity (Wildman–Crippen MR) is 49.2 cm³/mol. The molecule has 2 atom stereocenters. The van der Waals surface area contributed by atoms with E-state index in [2.05, 4.69) is 10.1 Å². The Balaban J connectivity index is 3.61. The van der Waals surface area contributed by atoms with Gasteiger partial charge in [0.1, 0.15) is 0 Å². The summed E-state index contributed by atoms with van der Waals surface area (Å²) in [7, 11) is 0. The van der Waals surface area contributed by atoms with Crippen molar-refractivity contribution in [3.63, 3.8) is 0 Å². The van der Waals surface area contributed by atoms with E-state index >= 15 is 0 Å². The lowest BCUT2D eigenvalue weighted by Gasteiger charge is -2.19. The molecule has 14 heavy (non-hydrogen) atoms. The third-order valence-corrected chi connectivity index (χ3v) is 1.80. The van der Waals surface area contributed by atoms with E-state index in [1.807, 2.05) is 6.92 Å². The summed E-state index contributed by atoms with van der Waals surface area (Å²) in [6, 6.07) is -0.0419. The molecule has 0 saturated heterocycles. The first-order valence-corrected chi connectivity index (χ1v) is 4.79. The van der Waals surface area contributed by atoms with E-state index in [4.69, 9.17) is 0 Å². The van der Waals surface area contributed by atoms with Crippen LogP contribution in [0, 0.1) is 0 Å². The third-order valence-electron chi connectivity index (χ3n) is 1.80. The van der Waals surface area contributed by atoms with Crippen LogP contribution < -0.4 is 5.32 Å². The van der Waals surface area contributed by atoms with Crippen molar-refractivity contribution in [3.8, 4) is 0 Å². The molecule has 5 heteroatoms. The first-order valence-electron chi connectivity index (χ1n) is 4.79. The van der Waals surface area contributed by atoms with Crippen molar-refractivity contribution in [1.82, 2.24) is 5.32 Å². The fraction of sp³-hybridized carbons (Fsp3) is 1.00. The minimum absolute atomic E-state index is 0.0419. The van der Waals surface area contributed by atoms with Crippen LogP contribution in [0.2, 0.25) is 0 Å². The van der Waals surface area contributed by atoms with E-state index in [1.54, 1.807) is 6.92 Å². The van der Waals surface area contributed by atoms with Crippen LogP contribution in [0.4, 0.5) is 13.2 Å². The lowest BCUT2D eigenvalue weighted by Crippen LogP contribution is -2.36. The Kier molecular flexibility index (Phi) is 6.11. The zero-order valence-corrected chi connectivity index (χ0v) is 8.82. The van der Waals surface area contributed by atoms with Gasteiger partial charge in [-0.2, -0.15) is 13.2 Å². The summed E-state index contributed by atoms with van der Waals surface area (Å²) in [4.78, 5) is 0. The van der Waals surface area contributed by atoms with Crippen molar-refractivity contribution >= 4 is 0 Å². The van der Waals surface area contributed by atoms with Crippen LogP contribution in [0.15, 0.2) is 0 Å². The highest BCUT2D eigenvalue weighted by molar-refractivity contribution is 4.64. The van der Waals surface area contributed by atoms with Crippen molar-refractivity contribution < 1.29 is 17.9 Å². The van der Waals surface area contributed by atoms with Gasteiger partial charge in [0, 0.05) is 6.04 Å². The number of nitrogens with one attached hydrogen (secondary N) is 1. The van der Waals surface area contributed by atoms with Crippen molar-refractivity contribution in [2.45, 2.75) is 45.5 Å². The maximum atomic E-state index is 12.0. The number of rotatable bonds is 6. The topological polar surface area (TPSA) is 21.3 Å². The highest BCUT2D eigenvalue weighted by Crippen LogP contribution is 2.22. The van der Waals surface area contributed by atoms with Crippen LogP contribution in [0.1, 0.15) is 27.2 Å². The zero-order valence-electron chi connectivity index (χ0n) is 8.82. The minimum Gasteiger partial charge on any atom is -0.367 e. The van der Waals surface area contributed by atoms with E-state index in [-0.39, 0.29) is 12.6 Å². The molecule has 0 aliphatic rings. The number of ether oxygens (including phenoxy) is 1. The van der Waals surface area contributed by atoms with Crippen LogP contribution in [-0.4, -0.2) is 31.5 Å². The van der Waals surface area contributed by atoms with E-state index in [0.29, 0.717) is 0 Å². The van der Waals surface area contributed by atoms with E-state index in [0.717, 1.165) is 19.9 Å². The van der Waals surface area contributed by atoms with Gasteiger partial charge < -0.3 is 10.1 Å². The largest absolute Gasteiger partial charge is 0.414 e. The first kappa shape index (κ1) is 13.7. The number of hydrogen-bond donors (Lipinski definition) is 1. The Morgan fingerprint density at radius 2 is 1.86 bits per heavy atom. The number of hydrogen-bond acceptors (Lipinski definition) is 2. The molecule has 0 aliphatic heterocycles. The van der Waals surface area contributed by atoms with Gasteiger partial charge in [-0.15, -0.1) is 0 Å². The lowest BCUT2D eigenvalue weighted by atomic mass is 10.3. The molecule has 0 amide bonds. The van der Waals surface area contributed by atoms with Gasteiger partial charge in [-0.1, -0.05) is 6.92 Å². The SMILES string of the molecule is CCCNC(C)COC(C)C(F)(F)F. The summed E-state index contributed by atoms with van der Waals surface area (Å²) in [5.41, 5.74) is 0.